The Morgan fingerprint density at radius 2 is 1.90 bits per heavy atom. The molecule has 0 spiro atoms. The standard InChI is InChI=1S/C7H16O2.Mg.2H/c1-6(2)4-5-9-7(3)8;;;/h6-8H,4-5H2,1-3H3;;;/q;+2;2*-1. The van der Waals surface area contributed by atoms with Gasteiger partial charge in [-0.2, -0.15) is 0 Å². The van der Waals surface area contributed by atoms with Gasteiger partial charge in [-0.1, -0.05) is 13.8 Å². The minimum absolute atomic E-state index is 0. The molecular formula is C7H18MgO2. The van der Waals surface area contributed by atoms with E-state index in [1.807, 2.05) is 0 Å². The third kappa shape index (κ3) is 11.5. The number of aliphatic hydroxyl groups excluding tert-OH is 1. The summed E-state index contributed by atoms with van der Waals surface area (Å²) in [5.41, 5.74) is 0. The van der Waals surface area contributed by atoms with Gasteiger partial charge in [0.2, 0.25) is 0 Å². The SMILES string of the molecule is CC(C)CCOC(C)O.[H-].[H-].[Mg+2]. The van der Waals surface area contributed by atoms with Crippen LogP contribution in [0.15, 0.2) is 0 Å². The Hall–Kier alpha value is 0.686. The Kier molecular flexibility index (Phi) is 10.4. The summed E-state index contributed by atoms with van der Waals surface area (Å²) in [4.78, 5) is 0. The number of aliphatic hydroxyl groups is 1. The fourth-order valence-corrected chi connectivity index (χ4v) is 0.474. The third-order valence-corrected chi connectivity index (χ3v) is 1.05. The van der Waals surface area contributed by atoms with Crippen molar-refractivity contribution in [1.29, 1.82) is 0 Å². The Morgan fingerprint density at radius 3 is 2.20 bits per heavy atom. The molecule has 0 rings (SSSR count). The fraction of sp³-hybridized carbons (Fsp3) is 1.00. The van der Waals surface area contributed by atoms with Crippen LogP contribution in [0.3, 0.4) is 0 Å². The van der Waals surface area contributed by atoms with Crippen molar-refractivity contribution in [3.8, 4) is 0 Å². The van der Waals surface area contributed by atoms with Crippen molar-refractivity contribution in [2.24, 2.45) is 5.92 Å². The largest absolute Gasteiger partial charge is 2.00 e. The van der Waals surface area contributed by atoms with Crippen LogP contribution in [0.4, 0.5) is 0 Å². The quantitative estimate of drug-likeness (QED) is 0.493. The van der Waals surface area contributed by atoms with Crippen LogP contribution in [0.25, 0.3) is 0 Å². The molecule has 1 atom stereocenters. The normalized spacial score (nSPS) is 12.9. The van der Waals surface area contributed by atoms with Crippen LogP contribution in [0.2, 0.25) is 0 Å². The van der Waals surface area contributed by atoms with Gasteiger partial charge in [0.05, 0.1) is 0 Å². The van der Waals surface area contributed by atoms with E-state index in [2.05, 4.69) is 13.8 Å². The maximum atomic E-state index is 8.64. The first-order valence-electron chi connectivity index (χ1n) is 3.42. The summed E-state index contributed by atoms with van der Waals surface area (Å²) < 4.78 is 4.91. The molecule has 0 aromatic carbocycles. The number of ether oxygens (including phenoxy) is 1. The van der Waals surface area contributed by atoms with E-state index < -0.39 is 6.29 Å². The molecule has 0 aromatic heterocycles. The molecule has 0 aliphatic rings. The van der Waals surface area contributed by atoms with Gasteiger partial charge in [-0.25, -0.2) is 0 Å². The molecule has 0 saturated carbocycles. The molecule has 2 nitrogen and oxygen atoms in total. The second-order valence-electron chi connectivity index (χ2n) is 2.65. The minimum atomic E-state index is -0.608. The van der Waals surface area contributed by atoms with Gasteiger partial charge in [-0.05, 0) is 19.3 Å². The summed E-state index contributed by atoms with van der Waals surface area (Å²) in [7, 11) is 0. The molecule has 1 N–H and O–H groups in total. The molecule has 0 heterocycles. The van der Waals surface area contributed by atoms with Gasteiger partial charge in [-0.3, -0.25) is 0 Å². The second-order valence-corrected chi connectivity index (χ2v) is 2.65. The van der Waals surface area contributed by atoms with Gasteiger partial charge in [0, 0.05) is 6.61 Å². The third-order valence-electron chi connectivity index (χ3n) is 1.05. The van der Waals surface area contributed by atoms with Crippen molar-refractivity contribution in [3.63, 3.8) is 0 Å². The number of hydrogen-bond acceptors (Lipinski definition) is 2. The van der Waals surface area contributed by atoms with Crippen LogP contribution < -0.4 is 0 Å². The van der Waals surface area contributed by atoms with E-state index in [1.165, 1.54) is 0 Å². The molecule has 60 valence electrons. The first-order valence-corrected chi connectivity index (χ1v) is 3.42. The van der Waals surface area contributed by atoms with Crippen LogP contribution in [-0.4, -0.2) is 41.1 Å². The van der Waals surface area contributed by atoms with Crippen LogP contribution in [0.1, 0.15) is 30.0 Å². The zero-order valence-corrected chi connectivity index (χ0v) is 8.55. The first kappa shape index (κ1) is 13.3. The Bertz CT molecular complexity index is 64.4. The van der Waals surface area contributed by atoms with E-state index in [4.69, 9.17) is 9.84 Å². The molecule has 0 radical (unpaired) electrons. The predicted octanol–water partition coefficient (Wildman–Crippen LogP) is 1.23. The Balaban J connectivity index is -0.000000107. The minimum Gasteiger partial charge on any atom is -1.00 e. The summed E-state index contributed by atoms with van der Waals surface area (Å²) in [6, 6.07) is 0. The van der Waals surface area contributed by atoms with E-state index in [0.717, 1.165) is 6.42 Å². The van der Waals surface area contributed by atoms with Crippen LogP contribution >= 0.6 is 0 Å². The molecule has 0 aliphatic heterocycles. The zero-order chi connectivity index (χ0) is 7.28. The van der Waals surface area contributed by atoms with E-state index in [-0.39, 0.29) is 25.9 Å². The number of hydrogen-bond donors (Lipinski definition) is 1. The summed E-state index contributed by atoms with van der Waals surface area (Å²) in [6.07, 6.45) is 0.411. The van der Waals surface area contributed by atoms with Gasteiger partial charge in [0.1, 0.15) is 0 Å². The molecule has 0 fully saturated rings. The van der Waals surface area contributed by atoms with Gasteiger partial charge < -0.3 is 12.7 Å². The Labute approximate surface area is 82.1 Å². The van der Waals surface area contributed by atoms with Gasteiger partial charge in [-0.15, -0.1) is 0 Å². The maximum absolute atomic E-state index is 8.64. The fourth-order valence-electron chi connectivity index (χ4n) is 0.474. The van der Waals surface area contributed by atoms with Gasteiger partial charge >= 0.3 is 23.1 Å². The molecule has 3 heteroatoms. The van der Waals surface area contributed by atoms with Crippen molar-refractivity contribution in [2.75, 3.05) is 6.61 Å². The molecule has 0 aromatic rings. The average Bonchev–Trinajstić information content (AvgIpc) is 1.63. The average molecular weight is 159 g/mol. The predicted molar refractivity (Wildman–Crippen MR) is 45.1 cm³/mol. The van der Waals surface area contributed by atoms with E-state index in [0.29, 0.717) is 12.5 Å². The van der Waals surface area contributed by atoms with Crippen molar-refractivity contribution < 1.29 is 12.7 Å². The Morgan fingerprint density at radius 1 is 1.40 bits per heavy atom. The van der Waals surface area contributed by atoms with Crippen molar-refractivity contribution in [2.45, 2.75) is 33.5 Å². The van der Waals surface area contributed by atoms with Crippen molar-refractivity contribution in [3.05, 3.63) is 0 Å². The van der Waals surface area contributed by atoms with E-state index >= 15 is 0 Å². The molecule has 0 aliphatic carbocycles. The van der Waals surface area contributed by atoms with Crippen LogP contribution in [0.5, 0.6) is 0 Å². The first-order chi connectivity index (χ1) is 4.13. The summed E-state index contributed by atoms with van der Waals surface area (Å²) in [6.45, 7) is 6.55. The summed E-state index contributed by atoms with van der Waals surface area (Å²) in [5.74, 6) is 0.656. The van der Waals surface area contributed by atoms with Crippen LogP contribution in [-0.2, 0) is 4.74 Å². The molecular weight excluding hydrogens is 140 g/mol. The van der Waals surface area contributed by atoms with Gasteiger partial charge in [0.15, 0.2) is 6.29 Å². The van der Waals surface area contributed by atoms with Crippen molar-refractivity contribution in [1.82, 2.24) is 0 Å². The van der Waals surface area contributed by atoms with Gasteiger partial charge in [0.25, 0.3) is 0 Å². The molecule has 0 amide bonds. The topological polar surface area (TPSA) is 29.5 Å². The molecule has 0 bridgehead atoms. The monoisotopic (exact) mass is 158 g/mol. The van der Waals surface area contributed by atoms with E-state index in [9.17, 15) is 0 Å². The van der Waals surface area contributed by atoms with Crippen LogP contribution in [0, 0.1) is 5.92 Å². The molecule has 10 heavy (non-hydrogen) atoms. The van der Waals surface area contributed by atoms with Crippen molar-refractivity contribution >= 4 is 23.1 Å². The molecule has 0 saturated heterocycles. The summed E-state index contributed by atoms with van der Waals surface area (Å²) >= 11 is 0. The summed E-state index contributed by atoms with van der Waals surface area (Å²) in [5, 5.41) is 8.64. The zero-order valence-electron chi connectivity index (χ0n) is 9.13. The number of rotatable bonds is 4. The van der Waals surface area contributed by atoms with E-state index in [1.54, 1.807) is 6.92 Å². The maximum Gasteiger partial charge on any atom is 2.00 e. The molecule has 1 unspecified atom stereocenters. The second kappa shape index (κ2) is 7.79. The smallest absolute Gasteiger partial charge is 1.00 e.